The van der Waals surface area contributed by atoms with Gasteiger partial charge in [-0.1, -0.05) is 48.0 Å². The zero-order valence-corrected chi connectivity index (χ0v) is 19.3. The number of anilines is 1. The zero-order valence-electron chi connectivity index (χ0n) is 19.3. The predicted octanol–water partition coefficient (Wildman–Crippen LogP) is 3.78. The zero-order chi connectivity index (χ0) is 24.5. The number of carbonyl (C=O) groups is 1. The minimum Gasteiger partial charge on any atom is -0.335 e. The molecule has 3 aromatic carbocycles. The van der Waals surface area contributed by atoms with E-state index >= 15 is 0 Å². The van der Waals surface area contributed by atoms with Crippen molar-refractivity contribution in [1.82, 2.24) is 14.2 Å². The molecule has 0 atom stereocenters. The molecular formula is C27H23N5O3. The number of rotatable bonds is 5. The number of nitrogens with one attached hydrogen (secondary N) is 2. The van der Waals surface area contributed by atoms with Gasteiger partial charge in [0.2, 0.25) is 5.91 Å². The second-order valence-corrected chi connectivity index (χ2v) is 8.35. The van der Waals surface area contributed by atoms with Gasteiger partial charge < -0.3 is 14.9 Å². The van der Waals surface area contributed by atoms with Gasteiger partial charge in [0.15, 0.2) is 0 Å². The Hall–Kier alpha value is -4.72. The fraction of sp³-hybridized carbons (Fsp3) is 0.111. The maximum Gasteiger partial charge on any atom is 0.349 e. The van der Waals surface area contributed by atoms with E-state index < -0.39 is 11.2 Å². The van der Waals surface area contributed by atoms with Crippen molar-refractivity contribution in [2.75, 3.05) is 5.32 Å². The van der Waals surface area contributed by atoms with Gasteiger partial charge in [0.25, 0.3) is 5.56 Å². The van der Waals surface area contributed by atoms with Crippen molar-refractivity contribution in [2.24, 2.45) is 5.10 Å². The van der Waals surface area contributed by atoms with Crippen LogP contribution in [0.5, 0.6) is 0 Å². The van der Waals surface area contributed by atoms with Crippen LogP contribution in [0.3, 0.4) is 0 Å². The van der Waals surface area contributed by atoms with Gasteiger partial charge in [-0.25, -0.2) is 4.79 Å². The van der Waals surface area contributed by atoms with Crippen LogP contribution in [0.1, 0.15) is 16.8 Å². The molecule has 0 saturated heterocycles. The molecule has 5 rings (SSSR count). The van der Waals surface area contributed by atoms with Crippen LogP contribution in [0.25, 0.3) is 21.8 Å². The normalized spacial score (nSPS) is 11.5. The maximum atomic E-state index is 12.8. The van der Waals surface area contributed by atoms with Crippen LogP contribution in [-0.2, 0) is 11.3 Å². The Balaban J connectivity index is 1.52. The van der Waals surface area contributed by atoms with E-state index in [9.17, 15) is 14.4 Å². The SMILES string of the molecule is Cc1ccc(NC(=O)Cn2c(C)c(C=Nn3c(=O)[nH]c4ccccc4c3=O)c3ccccc32)cc1. The Morgan fingerprint density at radius 3 is 2.40 bits per heavy atom. The number of aromatic amines is 1. The Bertz CT molecular complexity index is 1720. The average Bonchev–Trinajstić information content (AvgIpc) is 3.11. The summed E-state index contributed by atoms with van der Waals surface area (Å²) >= 11 is 0. The minimum absolute atomic E-state index is 0.102. The highest BCUT2D eigenvalue weighted by Gasteiger charge is 2.15. The number of hydrogen-bond donors (Lipinski definition) is 2. The van der Waals surface area contributed by atoms with Gasteiger partial charge in [-0.3, -0.25) is 9.59 Å². The molecule has 0 aliphatic rings. The largest absolute Gasteiger partial charge is 0.349 e. The summed E-state index contributed by atoms with van der Waals surface area (Å²) in [4.78, 5) is 40.8. The van der Waals surface area contributed by atoms with Crippen molar-refractivity contribution in [3.63, 3.8) is 0 Å². The van der Waals surface area contributed by atoms with Gasteiger partial charge >= 0.3 is 5.69 Å². The lowest BCUT2D eigenvalue weighted by atomic mass is 10.1. The van der Waals surface area contributed by atoms with Crippen LogP contribution in [-0.4, -0.2) is 26.3 Å². The fourth-order valence-electron chi connectivity index (χ4n) is 4.18. The third kappa shape index (κ3) is 4.17. The molecule has 0 aliphatic heterocycles. The number of hydrogen-bond acceptors (Lipinski definition) is 4. The Morgan fingerprint density at radius 1 is 0.943 bits per heavy atom. The molecule has 5 aromatic rings. The summed E-state index contributed by atoms with van der Waals surface area (Å²) in [7, 11) is 0. The highest BCUT2D eigenvalue weighted by molar-refractivity contribution is 6.02. The van der Waals surface area contributed by atoms with Crippen LogP contribution in [0, 0.1) is 13.8 Å². The van der Waals surface area contributed by atoms with Crippen molar-refractivity contribution in [3.05, 3.63) is 110 Å². The summed E-state index contributed by atoms with van der Waals surface area (Å²) in [6.45, 7) is 3.97. The lowest BCUT2D eigenvalue weighted by molar-refractivity contribution is -0.116. The Kier molecular flexibility index (Phi) is 5.62. The fourth-order valence-corrected chi connectivity index (χ4v) is 4.18. The van der Waals surface area contributed by atoms with Gasteiger partial charge in [0, 0.05) is 27.8 Å². The molecule has 174 valence electrons. The third-order valence-electron chi connectivity index (χ3n) is 6.00. The van der Waals surface area contributed by atoms with E-state index in [-0.39, 0.29) is 12.5 Å². The van der Waals surface area contributed by atoms with E-state index in [1.54, 1.807) is 24.3 Å². The third-order valence-corrected chi connectivity index (χ3v) is 6.00. The number of carbonyl (C=O) groups excluding carboxylic acids is 1. The van der Waals surface area contributed by atoms with Crippen LogP contribution in [0.4, 0.5) is 5.69 Å². The van der Waals surface area contributed by atoms with Crippen LogP contribution in [0.15, 0.2) is 87.5 Å². The summed E-state index contributed by atoms with van der Waals surface area (Å²) in [6.07, 6.45) is 1.50. The molecule has 0 unspecified atom stereocenters. The molecule has 1 amide bonds. The second kappa shape index (κ2) is 8.90. The molecule has 2 heterocycles. The first-order valence-electron chi connectivity index (χ1n) is 11.1. The molecule has 8 heteroatoms. The first-order chi connectivity index (χ1) is 16.9. The molecule has 0 spiro atoms. The van der Waals surface area contributed by atoms with Crippen LogP contribution < -0.4 is 16.6 Å². The number of nitrogens with zero attached hydrogens (tertiary/aromatic N) is 3. The first kappa shape index (κ1) is 22.1. The molecule has 8 nitrogen and oxygen atoms in total. The van der Waals surface area contributed by atoms with Gasteiger partial charge in [-0.2, -0.15) is 5.10 Å². The number of aryl methyl sites for hydroxylation is 1. The predicted molar refractivity (Wildman–Crippen MR) is 138 cm³/mol. The smallest absolute Gasteiger partial charge is 0.335 e. The number of H-pyrrole nitrogens is 1. The lowest BCUT2D eigenvalue weighted by Crippen LogP contribution is -2.32. The van der Waals surface area contributed by atoms with Crippen molar-refractivity contribution < 1.29 is 4.79 Å². The molecule has 0 aliphatic carbocycles. The molecule has 2 aromatic heterocycles. The number of para-hydroxylation sites is 2. The lowest BCUT2D eigenvalue weighted by Gasteiger charge is -2.10. The van der Waals surface area contributed by atoms with Crippen LogP contribution >= 0.6 is 0 Å². The molecule has 0 bridgehead atoms. The van der Waals surface area contributed by atoms with Gasteiger partial charge in [0.05, 0.1) is 17.1 Å². The summed E-state index contributed by atoms with van der Waals surface area (Å²) < 4.78 is 2.71. The van der Waals surface area contributed by atoms with E-state index in [2.05, 4.69) is 15.4 Å². The van der Waals surface area contributed by atoms with E-state index in [0.29, 0.717) is 10.9 Å². The number of fused-ring (bicyclic) bond motifs is 2. The van der Waals surface area contributed by atoms with Crippen molar-refractivity contribution >= 4 is 39.6 Å². The topological polar surface area (TPSA) is 101 Å². The standard InChI is InChI=1S/C27H23N5O3/c1-17-11-13-19(14-12-17)29-25(33)16-31-18(2)22(20-7-4-6-10-24(20)31)15-28-32-26(34)21-8-3-5-9-23(21)30-27(32)35/h3-15H,16H2,1-2H3,(H,29,33)(H,30,35). The maximum absolute atomic E-state index is 12.8. The van der Waals surface area contributed by atoms with E-state index in [1.165, 1.54) is 6.21 Å². The molecule has 0 radical (unpaired) electrons. The summed E-state index contributed by atoms with van der Waals surface area (Å²) in [5.41, 5.74) is 3.55. The molecule has 2 N–H and O–H groups in total. The van der Waals surface area contributed by atoms with Crippen molar-refractivity contribution in [1.29, 1.82) is 0 Å². The monoisotopic (exact) mass is 465 g/mol. The number of amides is 1. The van der Waals surface area contributed by atoms with Gasteiger partial charge in [-0.15, -0.1) is 4.68 Å². The second-order valence-electron chi connectivity index (χ2n) is 8.35. The van der Waals surface area contributed by atoms with Gasteiger partial charge in [-0.05, 0) is 44.2 Å². The van der Waals surface area contributed by atoms with E-state index in [0.717, 1.165) is 38.1 Å². The van der Waals surface area contributed by atoms with Crippen LogP contribution in [0.2, 0.25) is 0 Å². The highest BCUT2D eigenvalue weighted by Crippen LogP contribution is 2.25. The molecular weight excluding hydrogens is 442 g/mol. The van der Waals surface area contributed by atoms with Gasteiger partial charge in [0.1, 0.15) is 6.54 Å². The summed E-state index contributed by atoms with van der Waals surface area (Å²) in [5, 5.41) is 8.39. The molecule has 0 saturated carbocycles. The van der Waals surface area contributed by atoms with E-state index in [4.69, 9.17) is 0 Å². The van der Waals surface area contributed by atoms with Crippen molar-refractivity contribution in [2.45, 2.75) is 20.4 Å². The van der Waals surface area contributed by atoms with E-state index in [1.807, 2.05) is 66.9 Å². The number of benzene rings is 3. The summed E-state index contributed by atoms with van der Waals surface area (Å²) in [5.74, 6) is -0.164. The minimum atomic E-state index is -0.621. The van der Waals surface area contributed by atoms with Crippen molar-refractivity contribution in [3.8, 4) is 0 Å². The first-order valence-corrected chi connectivity index (χ1v) is 11.1. The average molecular weight is 466 g/mol. The molecule has 0 fully saturated rings. The number of aromatic nitrogens is 3. The quantitative estimate of drug-likeness (QED) is 0.386. The Morgan fingerprint density at radius 2 is 1.63 bits per heavy atom. The summed E-state index contributed by atoms with van der Waals surface area (Å²) in [6, 6.07) is 22.0. The highest BCUT2D eigenvalue weighted by atomic mass is 16.2. The Labute approximate surface area is 200 Å². The molecule has 35 heavy (non-hydrogen) atoms.